The van der Waals surface area contributed by atoms with Crippen LogP contribution in [0.25, 0.3) is 10.9 Å². The van der Waals surface area contributed by atoms with Gasteiger partial charge in [0.1, 0.15) is 23.5 Å². The number of anilines is 2. The second-order valence-electron chi connectivity index (χ2n) is 9.76. The number of fused-ring (bicyclic) bond motifs is 3. The molecule has 0 saturated heterocycles. The SMILES string of the molecule is CCCCC(C)Cc1cc2c(NCc3cc(N)cc(C(F)(F)F)c3)nc(C)nc2c2c1O[C@H](C)C2. The second kappa shape index (κ2) is 9.91. The number of hydrogen-bond donors (Lipinski definition) is 2. The maximum atomic E-state index is 13.2. The third-order valence-corrected chi connectivity index (χ3v) is 6.46. The highest BCUT2D eigenvalue weighted by molar-refractivity contribution is 5.94. The highest BCUT2D eigenvalue weighted by atomic mass is 19.4. The summed E-state index contributed by atoms with van der Waals surface area (Å²) >= 11 is 0. The van der Waals surface area contributed by atoms with Gasteiger partial charge in [-0.2, -0.15) is 13.2 Å². The van der Waals surface area contributed by atoms with E-state index in [0.29, 0.717) is 23.1 Å². The largest absolute Gasteiger partial charge is 0.490 e. The first-order valence-electron chi connectivity index (χ1n) is 12.3. The van der Waals surface area contributed by atoms with Gasteiger partial charge in [-0.05, 0) is 61.6 Å². The monoisotopic (exact) mass is 486 g/mol. The first-order chi connectivity index (χ1) is 16.5. The molecular weight excluding hydrogens is 453 g/mol. The molecular formula is C27H33F3N4O. The lowest BCUT2D eigenvalue weighted by Crippen LogP contribution is -2.10. The second-order valence-corrected chi connectivity index (χ2v) is 9.76. The number of nitrogens with two attached hydrogens (primary N) is 1. The number of hydrogen-bond acceptors (Lipinski definition) is 5. The van der Waals surface area contributed by atoms with Crippen molar-refractivity contribution < 1.29 is 17.9 Å². The van der Waals surface area contributed by atoms with Crippen LogP contribution < -0.4 is 15.8 Å². The molecule has 2 atom stereocenters. The maximum Gasteiger partial charge on any atom is 0.416 e. The Kier molecular flexibility index (Phi) is 7.10. The Morgan fingerprint density at radius 2 is 1.97 bits per heavy atom. The molecule has 4 rings (SSSR count). The lowest BCUT2D eigenvalue weighted by molar-refractivity contribution is -0.137. The van der Waals surface area contributed by atoms with Gasteiger partial charge >= 0.3 is 6.18 Å². The molecule has 0 aliphatic carbocycles. The molecule has 0 saturated carbocycles. The molecule has 0 bridgehead atoms. The molecule has 35 heavy (non-hydrogen) atoms. The molecule has 1 aliphatic rings. The van der Waals surface area contributed by atoms with Crippen LogP contribution in [0.4, 0.5) is 24.7 Å². The number of nitrogens with one attached hydrogen (secondary N) is 1. The molecule has 2 aromatic carbocycles. The summed E-state index contributed by atoms with van der Waals surface area (Å²) in [6.07, 6.45) is 0.762. The predicted molar refractivity (Wildman–Crippen MR) is 134 cm³/mol. The summed E-state index contributed by atoms with van der Waals surface area (Å²) in [5.41, 5.74) is 8.57. The van der Waals surface area contributed by atoms with Crippen molar-refractivity contribution in [2.75, 3.05) is 11.1 Å². The summed E-state index contributed by atoms with van der Waals surface area (Å²) in [4.78, 5) is 9.34. The number of nitrogen functional groups attached to an aromatic ring is 1. The molecule has 1 aromatic heterocycles. The van der Waals surface area contributed by atoms with Crippen molar-refractivity contribution in [3.8, 4) is 5.75 Å². The van der Waals surface area contributed by atoms with Gasteiger partial charge in [0.15, 0.2) is 0 Å². The molecule has 0 fully saturated rings. The van der Waals surface area contributed by atoms with E-state index in [0.717, 1.165) is 65.6 Å². The number of aryl methyl sites for hydroxylation is 1. The number of aromatic nitrogens is 2. The Labute approximate surface area is 204 Å². The van der Waals surface area contributed by atoms with Crippen molar-refractivity contribution in [2.24, 2.45) is 5.92 Å². The summed E-state index contributed by atoms with van der Waals surface area (Å²) in [6.45, 7) is 8.49. The summed E-state index contributed by atoms with van der Waals surface area (Å²) in [5.74, 6) is 2.64. The molecule has 0 amide bonds. The number of benzene rings is 2. The van der Waals surface area contributed by atoms with Crippen LogP contribution in [0.3, 0.4) is 0 Å². The number of unbranched alkanes of at least 4 members (excludes halogenated alkanes) is 1. The third kappa shape index (κ3) is 5.63. The van der Waals surface area contributed by atoms with E-state index in [4.69, 9.17) is 15.5 Å². The van der Waals surface area contributed by atoms with Gasteiger partial charge < -0.3 is 15.8 Å². The summed E-state index contributed by atoms with van der Waals surface area (Å²) in [7, 11) is 0. The molecule has 1 unspecified atom stereocenters. The zero-order valence-electron chi connectivity index (χ0n) is 20.7. The first-order valence-corrected chi connectivity index (χ1v) is 12.3. The van der Waals surface area contributed by atoms with E-state index in [-0.39, 0.29) is 18.3 Å². The third-order valence-electron chi connectivity index (χ3n) is 6.46. The zero-order valence-corrected chi connectivity index (χ0v) is 20.7. The van der Waals surface area contributed by atoms with Crippen LogP contribution in [-0.4, -0.2) is 16.1 Å². The minimum atomic E-state index is -4.46. The number of nitrogens with zero attached hydrogens (tertiary/aromatic N) is 2. The van der Waals surface area contributed by atoms with Gasteiger partial charge in [0, 0.05) is 29.6 Å². The van der Waals surface area contributed by atoms with Gasteiger partial charge in [-0.25, -0.2) is 9.97 Å². The van der Waals surface area contributed by atoms with E-state index < -0.39 is 11.7 Å². The molecule has 1 aliphatic heterocycles. The minimum Gasteiger partial charge on any atom is -0.490 e. The molecule has 2 heterocycles. The molecule has 0 spiro atoms. The lowest BCUT2D eigenvalue weighted by Gasteiger charge is -2.17. The first kappa shape index (κ1) is 25.1. The van der Waals surface area contributed by atoms with Gasteiger partial charge in [0.25, 0.3) is 0 Å². The average molecular weight is 487 g/mol. The van der Waals surface area contributed by atoms with Crippen molar-refractivity contribution in [1.82, 2.24) is 9.97 Å². The van der Waals surface area contributed by atoms with Gasteiger partial charge in [-0.15, -0.1) is 0 Å². The van der Waals surface area contributed by atoms with E-state index in [1.807, 2.05) is 6.92 Å². The standard InChI is InChI=1S/C27H33F3N4O/c1-5-6-7-15(2)8-19-12-23-24(22-9-16(3)35-25(19)22)33-17(4)34-26(23)32-14-18-10-20(27(28,29)30)13-21(31)11-18/h10-13,15-16H,5-9,14,31H2,1-4H3,(H,32,33,34)/t15?,16-/m1/s1. The summed E-state index contributed by atoms with van der Waals surface area (Å²) < 4.78 is 46.0. The van der Waals surface area contributed by atoms with E-state index in [1.165, 1.54) is 6.42 Å². The van der Waals surface area contributed by atoms with Crippen molar-refractivity contribution in [2.45, 2.75) is 78.6 Å². The van der Waals surface area contributed by atoms with Crippen molar-refractivity contribution in [3.63, 3.8) is 0 Å². The predicted octanol–water partition coefficient (Wildman–Crippen LogP) is 6.84. The fraction of sp³-hybridized carbons (Fsp3) is 0.481. The number of ether oxygens (including phenoxy) is 1. The van der Waals surface area contributed by atoms with Crippen LogP contribution in [0.1, 0.15) is 68.1 Å². The number of rotatable bonds is 8. The quantitative estimate of drug-likeness (QED) is 0.341. The summed E-state index contributed by atoms with van der Waals surface area (Å²) in [5, 5.41) is 4.12. The van der Waals surface area contributed by atoms with E-state index >= 15 is 0 Å². The van der Waals surface area contributed by atoms with Crippen LogP contribution in [-0.2, 0) is 25.6 Å². The van der Waals surface area contributed by atoms with Gasteiger partial charge in [0.2, 0.25) is 0 Å². The van der Waals surface area contributed by atoms with E-state index in [1.54, 1.807) is 6.07 Å². The van der Waals surface area contributed by atoms with E-state index in [9.17, 15) is 13.2 Å². The Morgan fingerprint density at radius 1 is 1.20 bits per heavy atom. The summed E-state index contributed by atoms with van der Waals surface area (Å²) in [6, 6.07) is 5.71. The van der Waals surface area contributed by atoms with Crippen LogP contribution in [0.2, 0.25) is 0 Å². The molecule has 3 N–H and O–H groups in total. The van der Waals surface area contributed by atoms with Gasteiger partial charge in [-0.3, -0.25) is 0 Å². The molecule has 188 valence electrons. The lowest BCUT2D eigenvalue weighted by atomic mass is 9.92. The van der Waals surface area contributed by atoms with Crippen molar-refractivity contribution in [1.29, 1.82) is 0 Å². The highest BCUT2D eigenvalue weighted by Gasteiger charge is 2.31. The molecule has 5 nitrogen and oxygen atoms in total. The fourth-order valence-electron chi connectivity index (χ4n) is 4.84. The topological polar surface area (TPSA) is 73.1 Å². The van der Waals surface area contributed by atoms with Gasteiger partial charge in [0.05, 0.1) is 11.1 Å². The highest BCUT2D eigenvalue weighted by Crippen LogP contribution is 2.41. The normalized spacial score (nSPS) is 16.3. The Bertz CT molecular complexity index is 1230. The molecule has 0 radical (unpaired) electrons. The Morgan fingerprint density at radius 3 is 2.69 bits per heavy atom. The van der Waals surface area contributed by atoms with Crippen LogP contribution in [0.15, 0.2) is 24.3 Å². The smallest absolute Gasteiger partial charge is 0.416 e. The Hall–Kier alpha value is -3.03. The average Bonchev–Trinajstić information content (AvgIpc) is 3.18. The zero-order chi connectivity index (χ0) is 25.3. The fourth-order valence-corrected chi connectivity index (χ4v) is 4.84. The van der Waals surface area contributed by atoms with Crippen molar-refractivity contribution >= 4 is 22.4 Å². The van der Waals surface area contributed by atoms with Gasteiger partial charge in [-0.1, -0.05) is 33.1 Å². The van der Waals surface area contributed by atoms with Crippen LogP contribution in [0.5, 0.6) is 5.75 Å². The molecule has 8 heteroatoms. The molecule has 3 aromatic rings. The Balaban J connectivity index is 1.72. The van der Waals surface area contributed by atoms with Crippen LogP contribution in [0, 0.1) is 12.8 Å². The number of alkyl halides is 3. The number of halogens is 3. The minimum absolute atomic E-state index is 0.0695. The maximum absolute atomic E-state index is 13.2. The van der Waals surface area contributed by atoms with E-state index in [2.05, 4.69) is 37.1 Å². The van der Waals surface area contributed by atoms with Crippen LogP contribution >= 0.6 is 0 Å². The van der Waals surface area contributed by atoms with Crippen molar-refractivity contribution in [3.05, 3.63) is 52.3 Å².